The first-order chi connectivity index (χ1) is 10.4. The second kappa shape index (κ2) is 7.01. The van der Waals surface area contributed by atoms with E-state index in [4.69, 9.17) is 21.4 Å². The largest absolute Gasteiger partial charge is 0.496 e. The lowest BCUT2D eigenvalue weighted by atomic mass is 9.92. The second-order valence-electron chi connectivity index (χ2n) is 5.74. The van der Waals surface area contributed by atoms with Gasteiger partial charge in [-0.1, -0.05) is 24.4 Å². The van der Waals surface area contributed by atoms with Crippen molar-refractivity contribution in [1.29, 1.82) is 0 Å². The highest BCUT2D eigenvalue weighted by Gasteiger charge is 2.37. The highest BCUT2D eigenvalue weighted by Crippen LogP contribution is 2.33. The zero-order valence-electron chi connectivity index (χ0n) is 12.5. The average molecular weight is 326 g/mol. The van der Waals surface area contributed by atoms with Crippen molar-refractivity contribution in [1.82, 2.24) is 5.32 Å². The molecule has 0 spiro atoms. The molecule has 0 aromatic heterocycles. The number of carbonyl (C=O) groups excluding carboxylic acids is 1. The van der Waals surface area contributed by atoms with Gasteiger partial charge in [0.05, 0.1) is 25.5 Å². The lowest BCUT2D eigenvalue weighted by Crippen LogP contribution is -2.48. The van der Waals surface area contributed by atoms with Crippen LogP contribution in [0.15, 0.2) is 18.2 Å². The van der Waals surface area contributed by atoms with Gasteiger partial charge in [-0.3, -0.25) is 9.59 Å². The summed E-state index contributed by atoms with van der Waals surface area (Å²) >= 11 is 5.96. The molecule has 1 aliphatic rings. The molecule has 2 rings (SSSR count). The number of carbonyl (C=O) groups is 2. The summed E-state index contributed by atoms with van der Waals surface area (Å²) in [4.78, 5) is 23.4. The van der Waals surface area contributed by atoms with E-state index in [0.717, 1.165) is 12.8 Å². The van der Waals surface area contributed by atoms with Gasteiger partial charge in [0, 0.05) is 10.6 Å². The fourth-order valence-corrected chi connectivity index (χ4v) is 3.28. The summed E-state index contributed by atoms with van der Waals surface area (Å²) in [5.41, 5.74) is 0.0744. The Hall–Kier alpha value is -1.75. The summed E-state index contributed by atoms with van der Waals surface area (Å²) in [6.45, 7) is 0. The van der Waals surface area contributed by atoms with Crippen LogP contribution in [0, 0.1) is 0 Å². The molecule has 1 aliphatic carbocycles. The molecule has 22 heavy (non-hydrogen) atoms. The fourth-order valence-electron chi connectivity index (χ4n) is 3.09. The van der Waals surface area contributed by atoms with E-state index in [1.54, 1.807) is 18.2 Å². The summed E-state index contributed by atoms with van der Waals surface area (Å²) in [6.07, 6.45) is 3.37. The van der Waals surface area contributed by atoms with Crippen LogP contribution in [0.1, 0.15) is 37.7 Å². The van der Waals surface area contributed by atoms with E-state index in [1.807, 2.05) is 0 Å². The van der Waals surface area contributed by atoms with Gasteiger partial charge in [0.2, 0.25) is 5.91 Å². The van der Waals surface area contributed by atoms with Crippen molar-refractivity contribution in [2.24, 2.45) is 0 Å². The molecule has 120 valence electrons. The van der Waals surface area contributed by atoms with Gasteiger partial charge in [0.25, 0.3) is 0 Å². The van der Waals surface area contributed by atoms with Crippen LogP contribution < -0.4 is 10.1 Å². The van der Waals surface area contributed by atoms with Gasteiger partial charge < -0.3 is 15.2 Å². The quantitative estimate of drug-likeness (QED) is 0.843. The third-order valence-electron chi connectivity index (χ3n) is 4.05. The van der Waals surface area contributed by atoms with Crippen LogP contribution in [0.25, 0.3) is 0 Å². The number of carboxylic acid groups (broad SMARTS) is 1. The monoisotopic (exact) mass is 325 g/mol. The van der Waals surface area contributed by atoms with E-state index in [2.05, 4.69) is 5.32 Å². The maximum Gasteiger partial charge on any atom is 0.305 e. The molecule has 1 fully saturated rings. The number of amides is 1. The lowest BCUT2D eigenvalue weighted by molar-refractivity contribution is -0.139. The van der Waals surface area contributed by atoms with E-state index < -0.39 is 11.5 Å². The number of benzene rings is 1. The standard InChI is InChI=1S/C16H20ClNO4/c1-22-13-5-4-12(17)8-11(13)9-14(19)18-16(10-15(20)21)6-2-3-7-16/h4-5,8H,2-3,6-7,9-10H2,1H3,(H,18,19)(H,20,21). The number of halogens is 1. The van der Waals surface area contributed by atoms with Crippen molar-refractivity contribution in [3.63, 3.8) is 0 Å². The van der Waals surface area contributed by atoms with Gasteiger partial charge >= 0.3 is 5.97 Å². The Morgan fingerprint density at radius 1 is 1.36 bits per heavy atom. The smallest absolute Gasteiger partial charge is 0.305 e. The Labute approximate surface area is 134 Å². The van der Waals surface area contributed by atoms with E-state index in [-0.39, 0.29) is 18.7 Å². The lowest BCUT2D eigenvalue weighted by Gasteiger charge is -2.28. The first-order valence-corrected chi connectivity index (χ1v) is 7.67. The minimum absolute atomic E-state index is 0.0363. The number of ether oxygens (including phenoxy) is 1. The molecule has 1 amide bonds. The van der Waals surface area contributed by atoms with Crippen molar-refractivity contribution in [3.05, 3.63) is 28.8 Å². The number of rotatable bonds is 6. The minimum Gasteiger partial charge on any atom is -0.496 e. The van der Waals surface area contributed by atoms with Gasteiger partial charge in [0.15, 0.2) is 0 Å². The van der Waals surface area contributed by atoms with E-state index in [0.29, 0.717) is 29.2 Å². The highest BCUT2D eigenvalue weighted by atomic mass is 35.5. The van der Waals surface area contributed by atoms with Gasteiger partial charge in [-0.05, 0) is 31.0 Å². The summed E-state index contributed by atoms with van der Waals surface area (Å²) < 4.78 is 5.23. The first-order valence-electron chi connectivity index (χ1n) is 7.29. The van der Waals surface area contributed by atoms with Crippen LogP contribution in [0.4, 0.5) is 0 Å². The van der Waals surface area contributed by atoms with E-state index in [1.165, 1.54) is 7.11 Å². The summed E-state index contributed by atoms with van der Waals surface area (Å²) in [7, 11) is 1.54. The highest BCUT2D eigenvalue weighted by molar-refractivity contribution is 6.30. The average Bonchev–Trinajstić information content (AvgIpc) is 2.85. The van der Waals surface area contributed by atoms with Crippen molar-refractivity contribution in [2.75, 3.05) is 7.11 Å². The van der Waals surface area contributed by atoms with E-state index >= 15 is 0 Å². The van der Waals surface area contributed by atoms with Crippen LogP contribution >= 0.6 is 11.6 Å². The predicted molar refractivity (Wildman–Crippen MR) is 83.3 cm³/mol. The van der Waals surface area contributed by atoms with Crippen molar-refractivity contribution < 1.29 is 19.4 Å². The van der Waals surface area contributed by atoms with Gasteiger partial charge in [-0.25, -0.2) is 0 Å². The zero-order chi connectivity index (χ0) is 16.2. The molecule has 0 atom stereocenters. The van der Waals surface area contributed by atoms with E-state index in [9.17, 15) is 9.59 Å². The molecule has 6 heteroatoms. The Morgan fingerprint density at radius 2 is 2.05 bits per heavy atom. The number of hydrogen-bond donors (Lipinski definition) is 2. The molecule has 1 aromatic carbocycles. The molecule has 0 radical (unpaired) electrons. The third-order valence-corrected chi connectivity index (χ3v) is 4.28. The van der Waals surface area contributed by atoms with Crippen molar-refractivity contribution in [3.8, 4) is 5.75 Å². The van der Waals surface area contributed by atoms with Crippen molar-refractivity contribution >= 4 is 23.5 Å². The summed E-state index contributed by atoms with van der Waals surface area (Å²) in [5, 5.41) is 12.5. The molecule has 1 aromatic rings. The topological polar surface area (TPSA) is 75.6 Å². The third kappa shape index (κ3) is 4.13. The Balaban J connectivity index is 2.08. The molecule has 0 heterocycles. The van der Waals surface area contributed by atoms with Crippen molar-refractivity contribution in [2.45, 2.75) is 44.1 Å². The molecule has 5 nitrogen and oxygen atoms in total. The minimum atomic E-state index is -0.887. The number of nitrogens with one attached hydrogen (secondary N) is 1. The molecule has 1 saturated carbocycles. The second-order valence-corrected chi connectivity index (χ2v) is 6.18. The molecular formula is C16H20ClNO4. The maximum atomic E-state index is 12.3. The SMILES string of the molecule is COc1ccc(Cl)cc1CC(=O)NC1(CC(=O)O)CCCC1. The normalized spacial score (nSPS) is 16.3. The summed E-state index contributed by atoms with van der Waals surface area (Å²) in [6, 6.07) is 5.11. The molecule has 0 saturated heterocycles. The molecular weight excluding hydrogens is 306 g/mol. The van der Waals surface area contributed by atoms with Crippen LogP contribution in [0.5, 0.6) is 5.75 Å². The maximum absolute atomic E-state index is 12.3. The van der Waals surface area contributed by atoms with Crippen LogP contribution in [-0.4, -0.2) is 29.6 Å². The van der Waals surface area contributed by atoms with Gasteiger partial charge in [-0.2, -0.15) is 0 Å². The molecule has 0 aliphatic heterocycles. The zero-order valence-corrected chi connectivity index (χ0v) is 13.3. The van der Waals surface area contributed by atoms with Gasteiger partial charge in [0.1, 0.15) is 5.75 Å². The Morgan fingerprint density at radius 3 is 2.64 bits per heavy atom. The Bertz CT molecular complexity index is 567. The fraction of sp³-hybridized carbons (Fsp3) is 0.500. The number of methoxy groups -OCH3 is 1. The predicted octanol–water partition coefficient (Wildman–Crippen LogP) is 2.79. The summed E-state index contributed by atoms with van der Waals surface area (Å²) in [5.74, 6) is -0.496. The Kier molecular flexibility index (Phi) is 5.29. The first kappa shape index (κ1) is 16.6. The number of carboxylic acids is 1. The number of aliphatic carboxylic acids is 1. The molecule has 2 N–H and O–H groups in total. The number of hydrogen-bond acceptors (Lipinski definition) is 3. The molecule has 0 unspecified atom stereocenters. The van der Waals surface area contributed by atoms with Crippen LogP contribution in [-0.2, 0) is 16.0 Å². The van der Waals surface area contributed by atoms with Crippen LogP contribution in [0.2, 0.25) is 5.02 Å². The van der Waals surface area contributed by atoms with Crippen LogP contribution in [0.3, 0.4) is 0 Å². The van der Waals surface area contributed by atoms with Gasteiger partial charge in [-0.15, -0.1) is 0 Å². The molecule has 0 bridgehead atoms.